The molecule has 2 heterocycles. The SMILES string of the molecule is NCCCOc1nc2ccccc2cc1C(=O)NCCOc1nc2ccccc2cc1C(=O)Nc1ccc(Cl)cc1O.O=C(O)C(F)(F)F. The van der Waals surface area contributed by atoms with Crippen LogP contribution >= 0.6 is 11.6 Å². The number of ether oxygens (including phenoxy) is 2. The predicted molar refractivity (Wildman–Crippen MR) is 175 cm³/mol. The second-order valence-electron chi connectivity index (χ2n) is 10.1. The van der Waals surface area contributed by atoms with E-state index in [-0.39, 0.29) is 53.4 Å². The van der Waals surface area contributed by atoms with E-state index in [1.165, 1.54) is 12.1 Å². The van der Waals surface area contributed by atoms with Crippen LogP contribution in [0.5, 0.6) is 17.5 Å². The molecule has 0 atom stereocenters. The van der Waals surface area contributed by atoms with Gasteiger partial charge in [-0.1, -0.05) is 48.0 Å². The van der Waals surface area contributed by atoms with Crippen molar-refractivity contribution in [1.82, 2.24) is 15.3 Å². The van der Waals surface area contributed by atoms with Crippen LogP contribution in [0.2, 0.25) is 5.02 Å². The number of fused-ring (bicyclic) bond motifs is 2. The van der Waals surface area contributed by atoms with Crippen LogP contribution in [0.4, 0.5) is 18.9 Å². The second-order valence-corrected chi connectivity index (χ2v) is 10.5. The molecule has 0 radical (unpaired) electrons. The summed E-state index contributed by atoms with van der Waals surface area (Å²) in [6.45, 7) is 0.920. The topological polar surface area (TPSA) is 186 Å². The van der Waals surface area contributed by atoms with Crippen LogP contribution in [0, 0.1) is 0 Å². The molecule has 2 aromatic heterocycles. The Morgan fingerprint density at radius 3 is 1.88 bits per heavy atom. The highest BCUT2D eigenvalue weighted by atomic mass is 35.5. The number of carbonyl (C=O) groups excluding carboxylic acids is 2. The van der Waals surface area contributed by atoms with Crippen molar-refractivity contribution in [2.24, 2.45) is 5.73 Å². The molecule has 0 bridgehead atoms. The minimum atomic E-state index is -5.08. The summed E-state index contributed by atoms with van der Waals surface area (Å²) in [4.78, 5) is 44.3. The lowest BCUT2D eigenvalue weighted by Gasteiger charge is -2.14. The lowest BCUT2D eigenvalue weighted by atomic mass is 10.1. The largest absolute Gasteiger partial charge is 0.506 e. The van der Waals surface area contributed by atoms with E-state index < -0.39 is 18.1 Å². The van der Waals surface area contributed by atoms with Crippen molar-refractivity contribution < 1.29 is 47.2 Å². The first-order valence-corrected chi connectivity index (χ1v) is 14.9. The summed E-state index contributed by atoms with van der Waals surface area (Å²) in [5.74, 6) is -3.56. The summed E-state index contributed by atoms with van der Waals surface area (Å²) in [5.41, 5.74) is 7.55. The molecule has 0 aliphatic heterocycles. The van der Waals surface area contributed by atoms with Crippen molar-refractivity contribution in [1.29, 1.82) is 0 Å². The first-order chi connectivity index (χ1) is 23.4. The number of hydrogen-bond acceptors (Lipinski definition) is 9. The molecule has 2 amide bonds. The number of nitrogens with two attached hydrogens (primary N) is 1. The van der Waals surface area contributed by atoms with Crippen LogP contribution in [-0.2, 0) is 4.79 Å². The van der Waals surface area contributed by atoms with Gasteiger partial charge in [-0.05, 0) is 49.4 Å². The van der Waals surface area contributed by atoms with Gasteiger partial charge in [0.25, 0.3) is 11.8 Å². The number of carboxylic acids is 1. The van der Waals surface area contributed by atoms with E-state index in [0.717, 1.165) is 10.8 Å². The van der Waals surface area contributed by atoms with E-state index in [9.17, 15) is 27.9 Å². The number of alkyl halides is 3. The number of aliphatic carboxylic acids is 1. The number of aromatic nitrogens is 2. The standard InChI is InChI=1S/C31H28ClN5O5.C2HF3O2/c32-21-10-11-26(27(38)18-21)35-29(40)23-17-20-7-2-4-9-25(20)37-31(23)42-15-13-34-28(39)22-16-19-6-1-3-8-24(19)36-30(22)41-14-5-12-33;3-2(4,5)1(6)7/h1-4,6-11,16-18,38H,5,12-15,33H2,(H,34,39)(H,35,40);(H,6,7). The fourth-order valence-corrected chi connectivity index (χ4v) is 4.37. The number of hydrogen-bond donors (Lipinski definition) is 5. The molecule has 0 aliphatic carbocycles. The van der Waals surface area contributed by atoms with Crippen molar-refractivity contribution >= 4 is 56.9 Å². The van der Waals surface area contributed by atoms with Crippen LogP contribution in [0.15, 0.2) is 78.9 Å². The van der Waals surface area contributed by atoms with Gasteiger partial charge in [-0.15, -0.1) is 0 Å². The molecule has 0 aliphatic rings. The number of rotatable bonds is 11. The minimum Gasteiger partial charge on any atom is -0.506 e. The molecule has 49 heavy (non-hydrogen) atoms. The average molecular weight is 700 g/mol. The summed E-state index contributed by atoms with van der Waals surface area (Å²) in [7, 11) is 0. The fourth-order valence-electron chi connectivity index (χ4n) is 4.20. The Kier molecular flexibility index (Phi) is 12.1. The summed E-state index contributed by atoms with van der Waals surface area (Å²) in [5, 5.41) is 24.7. The number of carbonyl (C=O) groups is 3. The normalized spacial score (nSPS) is 11.0. The van der Waals surface area contributed by atoms with Gasteiger partial charge in [0.05, 0.1) is 29.9 Å². The van der Waals surface area contributed by atoms with E-state index in [2.05, 4.69) is 20.6 Å². The third kappa shape index (κ3) is 9.92. The second kappa shape index (κ2) is 16.4. The zero-order valence-corrected chi connectivity index (χ0v) is 26.2. The summed E-state index contributed by atoms with van der Waals surface area (Å²) in [6.07, 6.45) is -4.46. The molecular weight excluding hydrogens is 671 g/mol. The number of pyridine rings is 2. The molecule has 0 saturated heterocycles. The third-order valence-electron chi connectivity index (χ3n) is 6.53. The number of phenols is 1. The molecule has 3 aromatic carbocycles. The Hall–Kier alpha value is -5.67. The maximum absolute atomic E-state index is 13.2. The number of phenolic OH excluding ortho intramolecular Hbond substituents is 1. The molecule has 0 unspecified atom stereocenters. The van der Waals surface area contributed by atoms with Gasteiger partial charge in [-0.3, -0.25) is 9.59 Å². The van der Waals surface area contributed by atoms with Gasteiger partial charge in [0.15, 0.2) is 0 Å². The maximum atomic E-state index is 13.2. The van der Waals surface area contributed by atoms with Crippen molar-refractivity contribution in [2.45, 2.75) is 12.6 Å². The molecule has 5 rings (SSSR count). The molecule has 0 spiro atoms. The van der Waals surface area contributed by atoms with Gasteiger partial charge in [0.2, 0.25) is 11.8 Å². The van der Waals surface area contributed by atoms with Crippen molar-refractivity contribution in [3.63, 3.8) is 0 Å². The number of nitrogens with one attached hydrogen (secondary N) is 2. The third-order valence-corrected chi connectivity index (χ3v) is 6.77. The average Bonchev–Trinajstić information content (AvgIpc) is 3.07. The highest BCUT2D eigenvalue weighted by Crippen LogP contribution is 2.29. The summed E-state index contributed by atoms with van der Waals surface area (Å²) in [6, 6.07) is 22.5. The Labute approximate surface area is 281 Å². The molecule has 16 heteroatoms. The van der Waals surface area contributed by atoms with Gasteiger partial charge >= 0.3 is 12.1 Å². The van der Waals surface area contributed by atoms with Crippen LogP contribution < -0.4 is 25.8 Å². The number of amides is 2. The molecular formula is C33H29ClF3N5O7. The molecule has 0 fully saturated rings. The maximum Gasteiger partial charge on any atom is 0.490 e. The molecule has 0 saturated carbocycles. The van der Waals surface area contributed by atoms with E-state index >= 15 is 0 Å². The molecule has 6 N–H and O–H groups in total. The van der Waals surface area contributed by atoms with E-state index in [4.69, 9.17) is 36.7 Å². The highest BCUT2D eigenvalue weighted by molar-refractivity contribution is 6.30. The number of aromatic hydroxyl groups is 1. The number of benzene rings is 3. The van der Waals surface area contributed by atoms with Crippen molar-refractivity contribution in [2.75, 3.05) is 31.6 Å². The number of anilines is 1. The Morgan fingerprint density at radius 1 is 0.816 bits per heavy atom. The summed E-state index contributed by atoms with van der Waals surface area (Å²) >= 11 is 5.91. The van der Waals surface area contributed by atoms with Gasteiger partial charge in [0.1, 0.15) is 23.5 Å². The van der Waals surface area contributed by atoms with Gasteiger partial charge in [0, 0.05) is 21.9 Å². The number of nitrogens with zero attached hydrogens (tertiary/aromatic N) is 2. The lowest BCUT2D eigenvalue weighted by molar-refractivity contribution is -0.192. The zero-order valence-electron chi connectivity index (χ0n) is 25.5. The number of para-hydroxylation sites is 2. The fraction of sp³-hybridized carbons (Fsp3) is 0.182. The number of carboxylic acid groups (broad SMARTS) is 1. The highest BCUT2D eigenvalue weighted by Gasteiger charge is 2.38. The predicted octanol–water partition coefficient (Wildman–Crippen LogP) is 5.56. The van der Waals surface area contributed by atoms with Crippen LogP contribution in [0.1, 0.15) is 27.1 Å². The smallest absolute Gasteiger partial charge is 0.490 e. The van der Waals surface area contributed by atoms with Gasteiger partial charge in [-0.25, -0.2) is 14.8 Å². The van der Waals surface area contributed by atoms with Crippen molar-refractivity contribution in [3.8, 4) is 17.5 Å². The number of halogens is 4. The molecule has 12 nitrogen and oxygen atoms in total. The van der Waals surface area contributed by atoms with Crippen molar-refractivity contribution in [3.05, 3.63) is 95.0 Å². The van der Waals surface area contributed by atoms with Crippen LogP contribution in [0.25, 0.3) is 21.8 Å². The summed E-state index contributed by atoms with van der Waals surface area (Å²) < 4.78 is 43.4. The molecule has 256 valence electrons. The quantitative estimate of drug-likeness (QED) is 0.0863. The Morgan fingerprint density at radius 2 is 1.35 bits per heavy atom. The zero-order chi connectivity index (χ0) is 35.6. The van der Waals surface area contributed by atoms with Gasteiger partial charge < -0.3 is 36.1 Å². The first-order valence-electron chi connectivity index (χ1n) is 14.5. The Bertz CT molecular complexity index is 1980. The Balaban J connectivity index is 0.000000698. The van der Waals surface area contributed by atoms with Crippen LogP contribution in [-0.4, -0.2) is 70.4 Å². The van der Waals surface area contributed by atoms with Crippen LogP contribution in [0.3, 0.4) is 0 Å². The minimum absolute atomic E-state index is 0.0218. The monoisotopic (exact) mass is 699 g/mol. The first kappa shape index (κ1) is 36.2. The van der Waals surface area contributed by atoms with E-state index in [0.29, 0.717) is 35.6 Å². The van der Waals surface area contributed by atoms with E-state index in [1.54, 1.807) is 24.3 Å². The van der Waals surface area contributed by atoms with E-state index in [1.807, 2.05) is 42.5 Å². The van der Waals surface area contributed by atoms with Gasteiger partial charge in [-0.2, -0.15) is 13.2 Å². The molecule has 5 aromatic rings. The lowest BCUT2D eigenvalue weighted by Crippen LogP contribution is -2.29.